The van der Waals surface area contributed by atoms with Gasteiger partial charge >= 0.3 is 0 Å². The Hall–Kier alpha value is -2.26. The second-order valence-electron chi connectivity index (χ2n) is 9.51. The van der Waals surface area contributed by atoms with Gasteiger partial charge in [-0.2, -0.15) is 0 Å². The fourth-order valence-corrected chi connectivity index (χ4v) is 6.51. The van der Waals surface area contributed by atoms with Gasteiger partial charge in [0.15, 0.2) is 11.6 Å². The van der Waals surface area contributed by atoms with Gasteiger partial charge in [0.05, 0.1) is 18.1 Å². The number of halogens is 2. The number of furan rings is 1. The summed E-state index contributed by atoms with van der Waals surface area (Å²) < 4.78 is 59.5. The van der Waals surface area contributed by atoms with Crippen molar-refractivity contribution in [2.24, 2.45) is 16.8 Å². The average Bonchev–Trinajstić information content (AvgIpc) is 3.49. The van der Waals surface area contributed by atoms with Crippen molar-refractivity contribution in [1.29, 1.82) is 0 Å². The molecule has 1 aliphatic heterocycles. The third-order valence-corrected chi connectivity index (χ3v) is 8.68. The number of sulfonamides is 1. The van der Waals surface area contributed by atoms with E-state index in [2.05, 4.69) is 10.0 Å². The SMILES string of the molecule is O=S(=O)(NCC1CCC(CNC2=N[C@@H]3CCc4cc(F)c(F)cc4[C@@H]3C2)CC1)c1ccco1. The summed E-state index contributed by atoms with van der Waals surface area (Å²) in [5, 5.41) is 3.46. The number of aliphatic imine (C=N–C) groups is 1. The van der Waals surface area contributed by atoms with Crippen LogP contribution in [0, 0.1) is 23.5 Å². The van der Waals surface area contributed by atoms with E-state index >= 15 is 0 Å². The van der Waals surface area contributed by atoms with Gasteiger partial charge in [-0.1, -0.05) is 0 Å². The van der Waals surface area contributed by atoms with Crippen molar-refractivity contribution >= 4 is 15.9 Å². The quantitative estimate of drug-likeness (QED) is 0.655. The van der Waals surface area contributed by atoms with E-state index < -0.39 is 21.7 Å². The standard InChI is InChI=1S/C24H29F2N3O3S/c25-20-10-17-7-8-22-19(18(17)11-21(20)26)12-23(29-22)27-13-15-3-5-16(6-4-15)14-28-33(30,31)24-2-1-9-32-24/h1-2,9-11,15-16,19,22,28H,3-8,12-14H2,(H,27,29)/t15?,16?,19-,22+/m0/s1. The first-order valence-corrected chi connectivity index (χ1v) is 13.2. The highest BCUT2D eigenvalue weighted by Crippen LogP contribution is 2.40. The maximum Gasteiger partial charge on any atom is 0.273 e. The Morgan fingerprint density at radius 2 is 1.76 bits per heavy atom. The van der Waals surface area contributed by atoms with E-state index in [1.54, 1.807) is 6.07 Å². The Morgan fingerprint density at radius 3 is 2.48 bits per heavy atom. The van der Waals surface area contributed by atoms with Crippen molar-refractivity contribution in [1.82, 2.24) is 10.0 Å². The second kappa shape index (κ2) is 9.18. The predicted octanol–water partition coefficient (Wildman–Crippen LogP) is 4.13. The van der Waals surface area contributed by atoms with Crippen LogP contribution in [0.5, 0.6) is 0 Å². The third-order valence-electron chi connectivity index (χ3n) is 7.37. The lowest BCUT2D eigenvalue weighted by atomic mass is 9.79. The number of aryl methyl sites for hydroxylation is 1. The van der Waals surface area contributed by atoms with E-state index in [4.69, 9.17) is 9.41 Å². The smallest absolute Gasteiger partial charge is 0.273 e. The zero-order valence-corrected chi connectivity index (χ0v) is 19.2. The number of nitrogens with zero attached hydrogens (tertiary/aromatic N) is 1. The van der Waals surface area contributed by atoms with Crippen LogP contribution in [0.1, 0.15) is 55.6 Å². The highest BCUT2D eigenvalue weighted by Gasteiger charge is 2.36. The van der Waals surface area contributed by atoms with Crippen molar-refractivity contribution in [2.45, 2.75) is 62.0 Å². The number of nitrogens with one attached hydrogen (secondary N) is 2. The predicted molar refractivity (Wildman–Crippen MR) is 121 cm³/mol. The molecule has 9 heteroatoms. The van der Waals surface area contributed by atoms with Crippen LogP contribution < -0.4 is 10.0 Å². The molecule has 6 nitrogen and oxygen atoms in total. The largest absolute Gasteiger partial charge is 0.452 e. The number of benzene rings is 1. The van der Waals surface area contributed by atoms with Gasteiger partial charge in [-0.15, -0.1) is 0 Å². The van der Waals surface area contributed by atoms with Crippen molar-refractivity contribution in [3.63, 3.8) is 0 Å². The summed E-state index contributed by atoms with van der Waals surface area (Å²) in [6, 6.07) is 5.86. The minimum Gasteiger partial charge on any atom is -0.452 e. The summed E-state index contributed by atoms with van der Waals surface area (Å²) in [5.41, 5.74) is 1.82. The van der Waals surface area contributed by atoms with Crippen LogP contribution in [0.3, 0.4) is 0 Å². The van der Waals surface area contributed by atoms with Gasteiger partial charge in [-0.05, 0) is 85.8 Å². The number of rotatable bonds is 6. The van der Waals surface area contributed by atoms with Gasteiger partial charge < -0.3 is 9.73 Å². The zero-order valence-electron chi connectivity index (χ0n) is 18.4. The van der Waals surface area contributed by atoms with Crippen LogP contribution in [0.25, 0.3) is 0 Å². The molecule has 1 fully saturated rings. The molecular weight excluding hydrogens is 448 g/mol. The maximum absolute atomic E-state index is 13.8. The number of amidine groups is 1. The molecule has 0 radical (unpaired) electrons. The molecule has 0 amide bonds. The minimum absolute atomic E-state index is 0.0474. The molecule has 2 aliphatic carbocycles. The number of fused-ring (bicyclic) bond motifs is 3. The molecule has 0 spiro atoms. The Morgan fingerprint density at radius 1 is 1.03 bits per heavy atom. The van der Waals surface area contributed by atoms with Crippen LogP contribution >= 0.6 is 0 Å². The van der Waals surface area contributed by atoms with E-state index in [-0.39, 0.29) is 17.1 Å². The molecule has 5 rings (SSSR count). The first-order chi connectivity index (χ1) is 15.9. The normalized spacial score (nSPS) is 27.0. The van der Waals surface area contributed by atoms with E-state index in [0.29, 0.717) is 18.4 Å². The highest BCUT2D eigenvalue weighted by molar-refractivity contribution is 7.89. The van der Waals surface area contributed by atoms with Gasteiger partial charge in [-0.3, -0.25) is 4.99 Å². The molecule has 0 saturated heterocycles. The molecule has 0 unspecified atom stereocenters. The maximum atomic E-state index is 13.8. The van der Waals surface area contributed by atoms with Crippen LogP contribution in [0.2, 0.25) is 0 Å². The fraction of sp³-hybridized carbons (Fsp3) is 0.542. The second-order valence-corrected chi connectivity index (χ2v) is 11.2. The monoisotopic (exact) mass is 477 g/mol. The van der Waals surface area contributed by atoms with Gasteiger partial charge in [0.1, 0.15) is 0 Å². The summed E-state index contributed by atoms with van der Waals surface area (Å²) >= 11 is 0. The topological polar surface area (TPSA) is 83.7 Å². The summed E-state index contributed by atoms with van der Waals surface area (Å²) in [7, 11) is -3.58. The van der Waals surface area contributed by atoms with Crippen LogP contribution in [0.15, 0.2) is 45.0 Å². The van der Waals surface area contributed by atoms with E-state index in [9.17, 15) is 17.2 Å². The summed E-state index contributed by atoms with van der Waals surface area (Å²) in [6.07, 6.45) is 7.72. The molecule has 2 N–H and O–H groups in total. The molecule has 178 valence electrons. The van der Waals surface area contributed by atoms with Crippen LogP contribution in [0.4, 0.5) is 8.78 Å². The summed E-state index contributed by atoms with van der Waals surface area (Å²) in [6.45, 7) is 1.27. The third kappa shape index (κ3) is 4.84. The van der Waals surface area contributed by atoms with Gasteiger partial charge in [-0.25, -0.2) is 21.9 Å². The number of hydrogen-bond acceptors (Lipinski definition) is 5. The van der Waals surface area contributed by atoms with E-state index in [1.807, 2.05) is 0 Å². The molecule has 2 heterocycles. The van der Waals surface area contributed by atoms with Crippen molar-refractivity contribution in [3.8, 4) is 0 Å². The average molecular weight is 478 g/mol. The Kier molecular flexibility index (Phi) is 6.26. The summed E-state index contributed by atoms with van der Waals surface area (Å²) in [4.78, 5) is 4.84. The lowest BCUT2D eigenvalue weighted by Crippen LogP contribution is -2.34. The first-order valence-electron chi connectivity index (χ1n) is 11.7. The highest BCUT2D eigenvalue weighted by atomic mass is 32.2. The van der Waals surface area contributed by atoms with E-state index in [1.165, 1.54) is 24.5 Å². The molecule has 2 atom stereocenters. The number of hydrogen-bond donors (Lipinski definition) is 2. The fourth-order valence-electron chi connectivity index (χ4n) is 5.47. The zero-order chi connectivity index (χ0) is 23.0. The molecule has 2 aromatic rings. The molecule has 0 bridgehead atoms. The Labute approximate surface area is 192 Å². The van der Waals surface area contributed by atoms with Crippen molar-refractivity contribution in [3.05, 3.63) is 53.3 Å². The lowest BCUT2D eigenvalue weighted by Gasteiger charge is -2.29. The van der Waals surface area contributed by atoms with Gasteiger partial charge in [0, 0.05) is 25.4 Å². The van der Waals surface area contributed by atoms with Gasteiger partial charge in [0.25, 0.3) is 10.0 Å². The van der Waals surface area contributed by atoms with Crippen molar-refractivity contribution < 1.29 is 21.6 Å². The first kappa shape index (κ1) is 22.5. The van der Waals surface area contributed by atoms with Gasteiger partial charge in [0.2, 0.25) is 5.09 Å². The minimum atomic E-state index is -3.58. The molecule has 3 aliphatic rings. The molecule has 1 aromatic carbocycles. The van der Waals surface area contributed by atoms with Crippen LogP contribution in [-0.2, 0) is 16.4 Å². The Balaban J connectivity index is 1.08. The van der Waals surface area contributed by atoms with Crippen LogP contribution in [-0.4, -0.2) is 33.4 Å². The summed E-state index contributed by atoms with van der Waals surface area (Å²) in [5.74, 6) is 0.393. The van der Waals surface area contributed by atoms with Crippen molar-refractivity contribution in [2.75, 3.05) is 13.1 Å². The molecule has 1 aromatic heterocycles. The van der Waals surface area contributed by atoms with E-state index in [0.717, 1.165) is 68.5 Å². The molecule has 33 heavy (non-hydrogen) atoms. The lowest BCUT2D eigenvalue weighted by molar-refractivity contribution is 0.274. The molecular formula is C24H29F2N3O3S. The Bertz CT molecular complexity index is 1130. The molecule has 1 saturated carbocycles.